The number of rotatable bonds is 0. The number of nitrogen functional groups attached to an aromatic ring is 2. The normalized spacial score (nSPS) is 10.5. The number of pyridine rings is 1. The Hall–Kier alpha value is -1.85. The SMILES string of the molecule is Nc1ccnc2c1nnn2N. The van der Waals surface area contributed by atoms with Crippen LogP contribution in [0.1, 0.15) is 0 Å². The molecule has 0 aromatic carbocycles. The summed E-state index contributed by atoms with van der Waals surface area (Å²) in [5.41, 5.74) is 7.12. The number of nitrogens with zero attached hydrogens (tertiary/aromatic N) is 4. The molecule has 6 heteroatoms. The maximum atomic E-state index is 5.56. The molecule has 4 N–H and O–H groups in total. The van der Waals surface area contributed by atoms with E-state index in [0.717, 1.165) is 4.79 Å². The van der Waals surface area contributed by atoms with Crippen molar-refractivity contribution in [2.45, 2.75) is 0 Å². The summed E-state index contributed by atoms with van der Waals surface area (Å²) in [7, 11) is 0. The smallest absolute Gasteiger partial charge is 0.203 e. The molecule has 0 radical (unpaired) electrons. The highest BCUT2D eigenvalue weighted by Gasteiger charge is 2.04. The van der Waals surface area contributed by atoms with Gasteiger partial charge in [-0.1, -0.05) is 0 Å². The van der Waals surface area contributed by atoms with Crippen LogP contribution < -0.4 is 11.6 Å². The number of nitrogens with two attached hydrogens (primary N) is 2. The molecule has 11 heavy (non-hydrogen) atoms. The van der Waals surface area contributed by atoms with Gasteiger partial charge < -0.3 is 11.6 Å². The Morgan fingerprint density at radius 3 is 3.00 bits per heavy atom. The fourth-order valence-corrected chi connectivity index (χ4v) is 0.863. The first-order valence-corrected chi connectivity index (χ1v) is 3.00. The molecule has 0 atom stereocenters. The summed E-state index contributed by atoms with van der Waals surface area (Å²) in [6, 6.07) is 1.65. The lowest BCUT2D eigenvalue weighted by Crippen LogP contribution is -2.10. The van der Waals surface area contributed by atoms with E-state index in [-0.39, 0.29) is 0 Å². The fourth-order valence-electron chi connectivity index (χ4n) is 0.863. The highest BCUT2D eigenvalue weighted by atomic mass is 15.6. The second-order valence-electron chi connectivity index (χ2n) is 2.11. The van der Waals surface area contributed by atoms with E-state index in [9.17, 15) is 0 Å². The average Bonchev–Trinajstić information content (AvgIpc) is 2.35. The van der Waals surface area contributed by atoms with E-state index in [2.05, 4.69) is 15.3 Å². The van der Waals surface area contributed by atoms with E-state index in [1.54, 1.807) is 12.3 Å². The van der Waals surface area contributed by atoms with Crippen molar-refractivity contribution in [1.29, 1.82) is 0 Å². The van der Waals surface area contributed by atoms with Crippen LogP contribution in [0.15, 0.2) is 12.3 Å². The predicted molar refractivity (Wildman–Crippen MR) is 39.9 cm³/mol. The topological polar surface area (TPSA) is 95.6 Å². The molecule has 2 aromatic heterocycles. The van der Waals surface area contributed by atoms with Gasteiger partial charge in [-0.05, 0) is 11.3 Å². The lowest BCUT2D eigenvalue weighted by Gasteiger charge is -1.91. The highest BCUT2D eigenvalue weighted by Crippen LogP contribution is 2.12. The van der Waals surface area contributed by atoms with Gasteiger partial charge >= 0.3 is 0 Å². The molecule has 0 saturated carbocycles. The van der Waals surface area contributed by atoms with Crippen molar-refractivity contribution in [3.63, 3.8) is 0 Å². The summed E-state index contributed by atoms with van der Waals surface area (Å²) in [5, 5.41) is 7.28. The van der Waals surface area contributed by atoms with Crippen LogP contribution in [-0.2, 0) is 0 Å². The van der Waals surface area contributed by atoms with Crippen molar-refractivity contribution in [2.75, 3.05) is 11.6 Å². The summed E-state index contributed by atoms with van der Waals surface area (Å²) in [5.74, 6) is 5.37. The Morgan fingerprint density at radius 1 is 1.45 bits per heavy atom. The van der Waals surface area contributed by atoms with Crippen LogP contribution in [0.25, 0.3) is 11.2 Å². The Bertz CT molecular complexity index is 391. The van der Waals surface area contributed by atoms with Gasteiger partial charge in [0.2, 0.25) is 5.65 Å². The van der Waals surface area contributed by atoms with Crippen molar-refractivity contribution in [3.05, 3.63) is 12.3 Å². The first kappa shape index (κ1) is 5.90. The lowest BCUT2D eigenvalue weighted by atomic mass is 10.4. The van der Waals surface area contributed by atoms with Gasteiger partial charge in [0.1, 0.15) is 0 Å². The minimum Gasteiger partial charge on any atom is -0.397 e. The second kappa shape index (κ2) is 1.82. The number of anilines is 1. The molecule has 0 amide bonds. The fraction of sp³-hybridized carbons (Fsp3) is 0. The minimum atomic E-state index is 0.491. The van der Waals surface area contributed by atoms with Gasteiger partial charge in [0.15, 0.2) is 5.52 Å². The Kier molecular flexibility index (Phi) is 0.974. The molecule has 0 saturated heterocycles. The van der Waals surface area contributed by atoms with Crippen molar-refractivity contribution >= 4 is 16.9 Å². The predicted octanol–water partition coefficient (Wildman–Crippen LogP) is -0.878. The highest BCUT2D eigenvalue weighted by molar-refractivity contribution is 5.82. The van der Waals surface area contributed by atoms with Crippen molar-refractivity contribution in [2.24, 2.45) is 0 Å². The summed E-state index contributed by atoms with van der Waals surface area (Å²) >= 11 is 0. The molecule has 0 aliphatic carbocycles. The van der Waals surface area contributed by atoms with Gasteiger partial charge in [-0.15, -0.1) is 9.89 Å². The maximum absolute atomic E-state index is 5.56. The molecule has 0 aliphatic rings. The number of aromatic nitrogens is 4. The van der Waals surface area contributed by atoms with Crippen LogP contribution in [0.4, 0.5) is 5.69 Å². The zero-order valence-electron chi connectivity index (χ0n) is 5.60. The summed E-state index contributed by atoms with van der Waals surface area (Å²) in [6.07, 6.45) is 1.56. The largest absolute Gasteiger partial charge is 0.397 e. The third kappa shape index (κ3) is 0.689. The molecule has 0 bridgehead atoms. The van der Waals surface area contributed by atoms with Gasteiger partial charge in [0.05, 0.1) is 5.69 Å². The third-order valence-corrected chi connectivity index (χ3v) is 1.39. The standard InChI is InChI=1S/C5H6N6/c6-3-1-2-8-5-4(3)9-10-11(5)7/h1-2H,7H2,(H2,6,8). The molecule has 6 nitrogen and oxygen atoms in total. The van der Waals surface area contributed by atoms with E-state index < -0.39 is 0 Å². The molecule has 0 fully saturated rings. The molecular formula is C5H6N6. The number of fused-ring (bicyclic) bond motifs is 1. The van der Waals surface area contributed by atoms with E-state index in [1.807, 2.05) is 0 Å². The molecule has 2 heterocycles. The lowest BCUT2D eigenvalue weighted by molar-refractivity contribution is 0.780. The van der Waals surface area contributed by atoms with Crippen LogP contribution >= 0.6 is 0 Å². The van der Waals surface area contributed by atoms with E-state index >= 15 is 0 Å². The Morgan fingerprint density at radius 2 is 2.27 bits per heavy atom. The van der Waals surface area contributed by atoms with Crippen LogP contribution in [0, 0.1) is 0 Å². The number of hydrogen-bond donors (Lipinski definition) is 2. The Labute approximate surface area is 61.8 Å². The quantitative estimate of drug-likeness (QED) is 0.475. The zero-order chi connectivity index (χ0) is 7.84. The molecule has 0 spiro atoms. The van der Waals surface area contributed by atoms with Gasteiger partial charge in [-0.25, -0.2) is 4.98 Å². The maximum Gasteiger partial charge on any atom is 0.203 e. The molecule has 0 aliphatic heterocycles. The summed E-state index contributed by atoms with van der Waals surface area (Å²) < 4.78 is 0. The van der Waals surface area contributed by atoms with Crippen molar-refractivity contribution in [1.82, 2.24) is 20.1 Å². The van der Waals surface area contributed by atoms with E-state index in [1.165, 1.54) is 0 Å². The third-order valence-electron chi connectivity index (χ3n) is 1.39. The van der Waals surface area contributed by atoms with E-state index in [4.69, 9.17) is 11.6 Å². The first-order chi connectivity index (χ1) is 5.29. The van der Waals surface area contributed by atoms with Gasteiger partial charge in [0.25, 0.3) is 0 Å². The van der Waals surface area contributed by atoms with Crippen molar-refractivity contribution < 1.29 is 0 Å². The van der Waals surface area contributed by atoms with Crippen molar-refractivity contribution in [3.8, 4) is 0 Å². The number of hydrogen-bond acceptors (Lipinski definition) is 5. The molecule has 56 valence electrons. The molecule has 0 unspecified atom stereocenters. The van der Waals surface area contributed by atoms with Gasteiger partial charge in [-0.2, -0.15) is 0 Å². The first-order valence-electron chi connectivity index (χ1n) is 3.00. The van der Waals surface area contributed by atoms with Crippen LogP contribution in [0.3, 0.4) is 0 Å². The summed E-state index contributed by atoms with van der Waals surface area (Å²) in [6.45, 7) is 0. The van der Waals surface area contributed by atoms with Crippen LogP contribution in [0.5, 0.6) is 0 Å². The Balaban J connectivity index is 2.94. The van der Waals surface area contributed by atoms with Crippen LogP contribution in [-0.4, -0.2) is 20.1 Å². The summed E-state index contributed by atoms with van der Waals surface area (Å²) in [4.78, 5) is 5.02. The van der Waals surface area contributed by atoms with E-state index in [0.29, 0.717) is 16.9 Å². The molecular weight excluding hydrogens is 144 g/mol. The molecule has 2 rings (SSSR count). The van der Waals surface area contributed by atoms with Gasteiger partial charge in [0, 0.05) is 6.20 Å². The average molecular weight is 150 g/mol. The van der Waals surface area contributed by atoms with Gasteiger partial charge in [-0.3, -0.25) is 0 Å². The zero-order valence-corrected chi connectivity index (χ0v) is 5.60. The van der Waals surface area contributed by atoms with Crippen LogP contribution in [0.2, 0.25) is 0 Å². The monoisotopic (exact) mass is 150 g/mol. The minimum absolute atomic E-state index is 0.491. The molecule has 2 aromatic rings. The second-order valence-corrected chi connectivity index (χ2v) is 2.11.